The highest BCUT2D eigenvalue weighted by molar-refractivity contribution is 5.80. The van der Waals surface area contributed by atoms with Crippen LogP contribution in [0.2, 0.25) is 0 Å². The summed E-state index contributed by atoms with van der Waals surface area (Å²) in [6.07, 6.45) is 1.51. The third kappa shape index (κ3) is 3.22. The van der Waals surface area contributed by atoms with Crippen LogP contribution in [0.5, 0.6) is 0 Å². The molecule has 1 rings (SSSR count). The first kappa shape index (κ1) is 13.0. The van der Waals surface area contributed by atoms with Crippen molar-refractivity contribution < 1.29 is 18.0 Å². The fraction of sp³-hybridized carbons (Fsp3) is 0.583. The molecule has 0 fully saturated rings. The first-order valence-corrected chi connectivity index (χ1v) is 5.27. The molecule has 2 atom stereocenters. The van der Waals surface area contributed by atoms with E-state index in [4.69, 9.17) is 0 Å². The Labute approximate surface area is 93.0 Å². The maximum absolute atomic E-state index is 12.5. The zero-order chi connectivity index (χ0) is 12.3. The maximum Gasteiger partial charge on any atom is 0.395 e. The minimum absolute atomic E-state index is 0.00515. The van der Waals surface area contributed by atoms with E-state index in [0.29, 0.717) is 12.8 Å². The van der Waals surface area contributed by atoms with Gasteiger partial charge in [0.1, 0.15) is 5.78 Å². The van der Waals surface area contributed by atoms with Crippen LogP contribution in [0.25, 0.3) is 0 Å². The van der Waals surface area contributed by atoms with E-state index in [1.165, 1.54) is 13.0 Å². The van der Waals surface area contributed by atoms with Crippen molar-refractivity contribution in [2.45, 2.75) is 32.9 Å². The number of Topliss-reactive ketones (excluding diaryl/α,β-unsaturated/α-hetero) is 1. The summed E-state index contributed by atoms with van der Waals surface area (Å²) < 4.78 is 37.4. The van der Waals surface area contributed by atoms with E-state index < -0.39 is 12.1 Å². The topological polar surface area (TPSA) is 17.1 Å². The van der Waals surface area contributed by atoms with Crippen LogP contribution in [0.3, 0.4) is 0 Å². The summed E-state index contributed by atoms with van der Waals surface area (Å²) in [6, 6.07) is 0. The molecule has 0 saturated heterocycles. The lowest BCUT2D eigenvalue weighted by Crippen LogP contribution is -2.21. The quantitative estimate of drug-likeness (QED) is 0.710. The molecule has 0 amide bonds. The lowest BCUT2D eigenvalue weighted by molar-refractivity contribution is -0.158. The number of carbonyl (C=O) groups excluding carboxylic acids is 1. The molecule has 1 aliphatic rings. The molecule has 1 aliphatic carbocycles. The van der Waals surface area contributed by atoms with E-state index in [2.05, 4.69) is 0 Å². The predicted octanol–water partition coefficient (Wildman–Crippen LogP) is 3.67. The molecule has 0 spiro atoms. The SMILES string of the molecule is CC(=O)C1C=CC(C(C)C(F)(F)F)=CCC1. The average Bonchev–Trinajstić information content (AvgIpc) is 2.39. The molecule has 4 heteroatoms. The number of rotatable bonds is 2. The fourth-order valence-corrected chi connectivity index (χ4v) is 1.67. The number of alkyl halides is 3. The van der Waals surface area contributed by atoms with Crippen molar-refractivity contribution in [2.75, 3.05) is 0 Å². The van der Waals surface area contributed by atoms with Crippen molar-refractivity contribution in [3.8, 4) is 0 Å². The van der Waals surface area contributed by atoms with Crippen LogP contribution < -0.4 is 0 Å². The first-order valence-electron chi connectivity index (χ1n) is 5.27. The van der Waals surface area contributed by atoms with E-state index in [1.54, 1.807) is 12.2 Å². The molecule has 0 aromatic rings. The molecule has 0 radical (unpaired) electrons. The van der Waals surface area contributed by atoms with Crippen LogP contribution in [0.4, 0.5) is 13.2 Å². The van der Waals surface area contributed by atoms with Crippen molar-refractivity contribution in [3.63, 3.8) is 0 Å². The van der Waals surface area contributed by atoms with Gasteiger partial charge in [0.15, 0.2) is 0 Å². The fourth-order valence-electron chi connectivity index (χ4n) is 1.67. The second-order valence-corrected chi connectivity index (χ2v) is 4.12. The molecule has 16 heavy (non-hydrogen) atoms. The first-order chi connectivity index (χ1) is 7.32. The zero-order valence-corrected chi connectivity index (χ0v) is 9.34. The Kier molecular flexibility index (Phi) is 3.94. The number of halogens is 3. The Hall–Kier alpha value is -1.06. The van der Waals surface area contributed by atoms with Gasteiger partial charge >= 0.3 is 6.18 Å². The molecule has 0 N–H and O–H groups in total. The van der Waals surface area contributed by atoms with E-state index in [0.717, 1.165) is 6.92 Å². The molecule has 0 aromatic heterocycles. The Bertz CT molecular complexity index is 326. The van der Waals surface area contributed by atoms with Crippen LogP contribution >= 0.6 is 0 Å². The minimum atomic E-state index is -4.22. The summed E-state index contributed by atoms with van der Waals surface area (Å²) in [6.45, 7) is 2.61. The molecule has 1 nitrogen and oxygen atoms in total. The minimum Gasteiger partial charge on any atom is -0.299 e. The molecule has 2 unspecified atom stereocenters. The van der Waals surface area contributed by atoms with Gasteiger partial charge < -0.3 is 0 Å². The summed E-state index contributed by atoms with van der Waals surface area (Å²) >= 11 is 0. The summed E-state index contributed by atoms with van der Waals surface area (Å²) in [5.41, 5.74) is 0.260. The molecular formula is C12H15F3O. The largest absolute Gasteiger partial charge is 0.395 e. The number of hydrogen-bond donors (Lipinski definition) is 0. The Morgan fingerprint density at radius 2 is 2.12 bits per heavy atom. The van der Waals surface area contributed by atoms with Crippen LogP contribution in [0.15, 0.2) is 23.8 Å². The van der Waals surface area contributed by atoms with Crippen molar-refractivity contribution in [2.24, 2.45) is 11.8 Å². The summed E-state index contributed by atoms with van der Waals surface area (Å²) in [5.74, 6) is -1.70. The predicted molar refractivity (Wildman–Crippen MR) is 55.8 cm³/mol. The molecule has 0 saturated carbocycles. The zero-order valence-electron chi connectivity index (χ0n) is 9.34. The highest BCUT2D eigenvalue weighted by Gasteiger charge is 2.37. The van der Waals surface area contributed by atoms with Gasteiger partial charge in [0.25, 0.3) is 0 Å². The Balaban J connectivity index is 2.80. The Morgan fingerprint density at radius 3 is 2.62 bits per heavy atom. The molecule has 0 bridgehead atoms. The van der Waals surface area contributed by atoms with Gasteiger partial charge in [-0.1, -0.05) is 18.2 Å². The van der Waals surface area contributed by atoms with Crippen LogP contribution in [0, 0.1) is 11.8 Å². The Morgan fingerprint density at radius 1 is 1.50 bits per heavy atom. The molecule has 0 aromatic carbocycles. The van der Waals surface area contributed by atoms with Gasteiger partial charge in [0.05, 0.1) is 5.92 Å². The van der Waals surface area contributed by atoms with Crippen LogP contribution in [-0.4, -0.2) is 12.0 Å². The lowest BCUT2D eigenvalue weighted by Gasteiger charge is -2.16. The monoisotopic (exact) mass is 232 g/mol. The summed E-state index contributed by atoms with van der Waals surface area (Å²) in [7, 11) is 0. The van der Waals surface area contributed by atoms with Gasteiger partial charge in [0.2, 0.25) is 0 Å². The summed E-state index contributed by atoms with van der Waals surface area (Å²) in [5, 5.41) is 0. The number of allylic oxidation sites excluding steroid dienone is 4. The summed E-state index contributed by atoms with van der Waals surface area (Å²) in [4.78, 5) is 11.1. The number of ketones is 1. The normalized spacial score (nSPS) is 23.6. The second kappa shape index (κ2) is 4.85. The van der Waals surface area contributed by atoms with Gasteiger partial charge in [0, 0.05) is 5.92 Å². The van der Waals surface area contributed by atoms with Gasteiger partial charge in [-0.15, -0.1) is 0 Å². The molecular weight excluding hydrogens is 217 g/mol. The highest BCUT2D eigenvalue weighted by Crippen LogP contribution is 2.33. The highest BCUT2D eigenvalue weighted by atomic mass is 19.4. The van der Waals surface area contributed by atoms with Crippen molar-refractivity contribution in [1.82, 2.24) is 0 Å². The van der Waals surface area contributed by atoms with Gasteiger partial charge in [-0.05, 0) is 32.3 Å². The van der Waals surface area contributed by atoms with Gasteiger partial charge in [-0.25, -0.2) is 0 Å². The third-order valence-electron chi connectivity index (χ3n) is 2.89. The van der Waals surface area contributed by atoms with Crippen LogP contribution in [0.1, 0.15) is 26.7 Å². The van der Waals surface area contributed by atoms with Crippen molar-refractivity contribution in [3.05, 3.63) is 23.8 Å². The number of carbonyl (C=O) groups is 1. The van der Waals surface area contributed by atoms with E-state index >= 15 is 0 Å². The van der Waals surface area contributed by atoms with Crippen molar-refractivity contribution >= 4 is 5.78 Å². The van der Waals surface area contributed by atoms with Crippen molar-refractivity contribution in [1.29, 1.82) is 0 Å². The van der Waals surface area contributed by atoms with Gasteiger partial charge in [-0.3, -0.25) is 4.79 Å². The standard InChI is InChI=1S/C12H15F3O/c1-8(12(13,14)15)10-4-3-5-11(7-6-10)9(2)16/h4,6-8,11H,3,5H2,1-2H3. The molecule has 0 aliphatic heterocycles. The lowest BCUT2D eigenvalue weighted by atomic mass is 9.99. The molecule has 90 valence electrons. The smallest absolute Gasteiger partial charge is 0.299 e. The average molecular weight is 232 g/mol. The van der Waals surface area contributed by atoms with E-state index in [1.807, 2.05) is 0 Å². The van der Waals surface area contributed by atoms with Gasteiger partial charge in [-0.2, -0.15) is 13.2 Å². The van der Waals surface area contributed by atoms with E-state index in [9.17, 15) is 18.0 Å². The third-order valence-corrected chi connectivity index (χ3v) is 2.89. The second-order valence-electron chi connectivity index (χ2n) is 4.12. The maximum atomic E-state index is 12.5. The van der Waals surface area contributed by atoms with E-state index in [-0.39, 0.29) is 17.3 Å². The molecule has 0 heterocycles. The van der Waals surface area contributed by atoms with Crippen LogP contribution in [-0.2, 0) is 4.79 Å². The number of hydrogen-bond acceptors (Lipinski definition) is 1.